The number of hydrogen-bond acceptors (Lipinski definition) is 4. The standard InChI is InChI=1S/C12H13FN2OS/c1-14-12(10-6-17-7-15-10)9-5-8(13)3-4-11(9)16-2/h3-7,12,14H,1-2H3. The van der Waals surface area contributed by atoms with Crippen LogP contribution in [0.25, 0.3) is 0 Å². The van der Waals surface area contributed by atoms with Crippen molar-refractivity contribution >= 4 is 11.3 Å². The predicted molar refractivity (Wildman–Crippen MR) is 66.0 cm³/mol. The summed E-state index contributed by atoms with van der Waals surface area (Å²) in [6, 6.07) is 4.32. The van der Waals surface area contributed by atoms with Crippen molar-refractivity contribution < 1.29 is 9.13 Å². The molecule has 0 aliphatic carbocycles. The maximum atomic E-state index is 13.3. The molecule has 1 heterocycles. The summed E-state index contributed by atoms with van der Waals surface area (Å²) >= 11 is 1.51. The van der Waals surface area contributed by atoms with Gasteiger partial charge >= 0.3 is 0 Å². The van der Waals surface area contributed by atoms with Gasteiger partial charge < -0.3 is 10.1 Å². The van der Waals surface area contributed by atoms with Gasteiger partial charge in [0, 0.05) is 10.9 Å². The van der Waals surface area contributed by atoms with Crippen molar-refractivity contribution in [2.75, 3.05) is 14.2 Å². The number of nitrogens with zero attached hydrogens (tertiary/aromatic N) is 1. The third kappa shape index (κ3) is 2.45. The Morgan fingerprint density at radius 1 is 1.47 bits per heavy atom. The summed E-state index contributed by atoms with van der Waals surface area (Å²) in [6.45, 7) is 0. The number of thiazole rings is 1. The predicted octanol–water partition coefficient (Wildman–Crippen LogP) is 2.60. The van der Waals surface area contributed by atoms with E-state index in [1.54, 1.807) is 18.7 Å². The second-order valence-corrected chi connectivity index (χ2v) is 4.24. The Morgan fingerprint density at radius 3 is 2.88 bits per heavy atom. The molecule has 1 aromatic heterocycles. The largest absolute Gasteiger partial charge is 0.496 e. The molecule has 1 N–H and O–H groups in total. The van der Waals surface area contributed by atoms with Crippen LogP contribution < -0.4 is 10.1 Å². The first-order valence-corrected chi connectivity index (χ1v) is 6.09. The van der Waals surface area contributed by atoms with E-state index in [2.05, 4.69) is 10.3 Å². The molecule has 0 fully saturated rings. The van der Waals surface area contributed by atoms with Crippen LogP contribution in [0, 0.1) is 5.82 Å². The molecule has 1 atom stereocenters. The molecule has 2 aromatic rings. The molecule has 90 valence electrons. The Bertz CT molecular complexity index is 487. The van der Waals surface area contributed by atoms with Crippen molar-refractivity contribution in [2.45, 2.75) is 6.04 Å². The SMILES string of the molecule is CNC(c1cscn1)c1cc(F)ccc1OC. The van der Waals surface area contributed by atoms with Crippen LogP contribution in [0.1, 0.15) is 17.3 Å². The molecule has 0 aliphatic heterocycles. The molecule has 0 amide bonds. The number of benzene rings is 1. The first-order chi connectivity index (χ1) is 8.26. The van der Waals surface area contributed by atoms with Crippen LogP contribution in [0.2, 0.25) is 0 Å². The highest BCUT2D eigenvalue weighted by Crippen LogP contribution is 2.30. The third-order valence-electron chi connectivity index (χ3n) is 2.54. The quantitative estimate of drug-likeness (QED) is 0.908. The zero-order valence-corrected chi connectivity index (χ0v) is 10.4. The summed E-state index contributed by atoms with van der Waals surface area (Å²) in [5.41, 5.74) is 3.37. The maximum Gasteiger partial charge on any atom is 0.124 e. The van der Waals surface area contributed by atoms with Crippen molar-refractivity contribution in [3.8, 4) is 5.75 Å². The monoisotopic (exact) mass is 252 g/mol. The second kappa shape index (κ2) is 5.25. The molecule has 0 spiro atoms. The average Bonchev–Trinajstić information content (AvgIpc) is 2.84. The number of halogens is 1. The number of ether oxygens (including phenoxy) is 1. The van der Waals surface area contributed by atoms with Crippen molar-refractivity contribution in [3.63, 3.8) is 0 Å². The molecular weight excluding hydrogens is 239 g/mol. The minimum Gasteiger partial charge on any atom is -0.496 e. The lowest BCUT2D eigenvalue weighted by Gasteiger charge is -2.17. The maximum absolute atomic E-state index is 13.3. The summed E-state index contributed by atoms with van der Waals surface area (Å²) in [4.78, 5) is 4.25. The van der Waals surface area contributed by atoms with E-state index in [1.807, 2.05) is 12.4 Å². The molecular formula is C12H13FN2OS. The molecule has 3 nitrogen and oxygen atoms in total. The molecule has 0 saturated heterocycles. The Kier molecular flexibility index (Phi) is 3.71. The van der Waals surface area contributed by atoms with Crippen LogP contribution in [0.3, 0.4) is 0 Å². The molecule has 0 bridgehead atoms. The molecule has 0 radical (unpaired) electrons. The van der Waals surface area contributed by atoms with Gasteiger partial charge in [0.15, 0.2) is 0 Å². The summed E-state index contributed by atoms with van der Waals surface area (Å²) in [7, 11) is 3.39. The van der Waals surface area contributed by atoms with Gasteiger partial charge in [-0.3, -0.25) is 0 Å². The molecule has 1 aromatic carbocycles. The molecule has 5 heteroatoms. The fourth-order valence-corrected chi connectivity index (χ4v) is 2.34. The van der Waals surface area contributed by atoms with Gasteiger partial charge in [-0.15, -0.1) is 11.3 Å². The zero-order valence-electron chi connectivity index (χ0n) is 9.61. The van der Waals surface area contributed by atoms with Gasteiger partial charge in [0.25, 0.3) is 0 Å². The number of hydrogen-bond donors (Lipinski definition) is 1. The van der Waals surface area contributed by atoms with Crippen LogP contribution in [0.5, 0.6) is 5.75 Å². The van der Waals surface area contributed by atoms with E-state index in [0.717, 1.165) is 11.3 Å². The first kappa shape index (κ1) is 12.0. The van der Waals surface area contributed by atoms with E-state index in [9.17, 15) is 4.39 Å². The first-order valence-electron chi connectivity index (χ1n) is 5.15. The third-order valence-corrected chi connectivity index (χ3v) is 3.14. The van der Waals surface area contributed by atoms with E-state index < -0.39 is 0 Å². The summed E-state index contributed by atoms with van der Waals surface area (Å²) in [6.07, 6.45) is 0. The average molecular weight is 252 g/mol. The highest BCUT2D eigenvalue weighted by Gasteiger charge is 2.18. The van der Waals surface area contributed by atoms with Crippen molar-refractivity contribution in [1.29, 1.82) is 0 Å². The lowest BCUT2D eigenvalue weighted by Crippen LogP contribution is -2.19. The van der Waals surface area contributed by atoms with Gasteiger partial charge in [-0.2, -0.15) is 0 Å². The summed E-state index contributed by atoms with van der Waals surface area (Å²) in [5.74, 6) is 0.370. The topological polar surface area (TPSA) is 34.2 Å². The van der Waals surface area contributed by atoms with Crippen LogP contribution >= 0.6 is 11.3 Å². The zero-order chi connectivity index (χ0) is 12.3. The van der Waals surface area contributed by atoms with Gasteiger partial charge in [-0.05, 0) is 25.2 Å². The smallest absolute Gasteiger partial charge is 0.124 e. The molecule has 1 unspecified atom stereocenters. The number of aromatic nitrogens is 1. The Labute approximate surface area is 103 Å². The van der Waals surface area contributed by atoms with Crippen molar-refractivity contribution in [2.24, 2.45) is 0 Å². The lowest BCUT2D eigenvalue weighted by atomic mass is 10.0. The minimum absolute atomic E-state index is 0.160. The summed E-state index contributed by atoms with van der Waals surface area (Å²) in [5, 5.41) is 5.06. The number of methoxy groups -OCH3 is 1. The van der Waals surface area contributed by atoms with Gasteiger partial charge in [0.2, 0.25) is 0 Å². The number of rotatable bonds is 4. The normalized spacial score (nSPS) is 12.4. The number of nitrogens with one attached hydrogen (secondary N) is 1. The van der Waals surface area contributed by atoms with Crippen LogP contribution in [0.4, 0.5) is 4.39 Å². The van der Waals surface area contributed by atoms with E-state index in [-0.39, 0.29) is 11.9 Å². The Balaban J connectivity index is 2.46. The molecule has 2 rings (SSSR count). The molecule has 17 heavy (non-hydrogen) atoms. The fraction of sp³-hybridized carbons (Fsp3) is 0.250. The van der Waals surface area contributed by atoms with Crippen LogP contribution in [-0.2, 0) is 0 Å². The van der Waals surface area contributed by atoms with Crippen molar-refractivity contribution in [1.82, 2.24) is 10.3 Å². The van der Waals surface area contributed by atoms with Gasteiger partial charge in [0.1, 0.15) is 11.6 Å². The highest BCUT2D eigenvalue weighted by atomic mass is 32.1. The molecule has 0 aliphatic rings. The Hall–Kier alpha value is -1.46. The van der Waals surface area contributed by atoms with E-state index >= 15 is 0 Å². The molecule has 0 saturated carbocycles. The minimum atomic E-state index is -0.281. The van der Waals surface area contributed by atoms with Gasteiger partial charge in [0.05, 0.1) is 24.4 Å². The second-order valence-electron chi connectivity index (χ2n) is 3.52. The lowest BCUT2D eigenvalue weighted by molar-refractivity contribution is 0.403. The van der Waals surface area contributed by atoms with E-state index in [4.69, 9.17) is 4.74 Å². The highest BCUT2D eigenvalue weighted by molar-refractivity contribution is 7.07. The van der Waals surface area contributed by atoms with E-state index in [1.165, 1.54) is 23.5 Å². The fourth-order valence-electron chi connectivity index (χ4n) is 1.76. The van der Waals surface area contributed by atoms with Gasteiger partial charge in [-0.1, -0.05) is 0 Å². The van der Waals surface area contributed by atoms with E-state index in [0.29, 0.717) is 5.75 Å². The Morgan fingerprint density at radius 2 is 2.29 bits per heavy atom. The van der Waals surface area contributed by atoms with Crippen LogP contribution in [-0.4, -0.2) is 19.1 Å². The van der Waals surface area contributed by atoms with Crippen LogP contribution in [0.15, 0.2) is 29.1 Å². The summed E-state index contributed by atoms with van der Waals surface area (Å²) < 4.78 is 18.6. The van der Waals surface area contributed by atoms with Crippen molar-refractivity contribution in [3.05, 3.63) is 46.2 Å². The van der Waals surface area contributed by atoms with Gasteiger partial charge in [-0.25, -0.2) is 9.37 Å².